The lowest BCUT2D eigenvalue weighted by Crippen LogP contribution is -2.22. The molecule has 0 fully saturated rings. The molecule has 0 radical (unpaired) electrons. The Morgan fingerprint density at radius 1 is 1.19 bits per heavy atom. The Morgan fingerprint density at radius 3 is 2.47 bits per heavy atom. The van der Waals surface area contributed by atoms with E-state index in [1.54, 1.807) is 19.1 Å². The molecule has 0 saturated carbocycles. The molecule has 0 aliphatic rings. The third-order valence-corrected chi connectivity index (χ3v) is 7.42. The first kappa shape index (κ1) is 23.3. The standard InChI is InChI=1S/C20H19N3O7S2/c1-3-32(28,29)15-7-4-13(5-8-15)10-18(24)21-20-22(12-19(25)30-2)16-9-6-14(23(26)27)11-17(16)31-20/h4-9,11H,3,10,12H2,1-2H3. The second-order valence-electron chi connectivity index (χ2n) is 6.69. The summed E-state index contributed by atoms with van der Waals surface area (Å²) in [5.41, 5.74) is 0.959. The average Bonchev–Trinajstić information content (AvgIpc) is 3.09. The highest BCUT2D eigenvalue weighted by molar-refractivity contribution is 7.91. The van der Waals surface area contributed by atoms with Crippen LogP contribution in [0.5, 0.6) is 0 Å². The first-order valence-corrected chi connectivity index (χ1v) is 11.9. The molecule has 168 valence electrons. The van der Waals surface area contributed by atoms with Gasteiger partial charge in [-0.2, -0.15) is 4.99 Å². The van der Waals surface area contributed by atoms with Crippen molar-refractivity contribution in [1.82, 2.24) is 4.57 Å². The number of benzene rings is 2. The summed E-state index contributed by atoms with van der Waals surface area (Å²) in [7, 11) is -2.11. The third-order valence-electron chi connectivity index (χ3n) is 4.63. The lowest BCUT2D eigenvalue weighted by Gasteiger charge is -2.04. The summed E-state index contributed by atoms with van der Waals surface area (Å²) in [4.78, 5) is 39.4. The van der Waals surface area contributed by atoms with Crippen LogP contribution in [-0.4, -0.2) is 42.6 Å². The lowest BCUT2D eigenvalue weighted by molar-refractivity contribution is -0.384. The molecular formula is C20H19N3O7S2. The van der Waals surface area contributed by atoms with E-state index in [1.807, 2.05) is 0 Å². The molecule has 3 rings (SSSR count). The molecule has 0 unspecified atom stereocenters. The minimum atomic E-state index is -3.34. The zero-order valence-corrected chi connectivity index (χ0v) is 18.8. The van der Waals surface area contributed by atoms with Crippen LogP contribution >= 0.6 is 11.3 Å². The predicted octanol–water partition coefficient (Wildman–Crippen LogP) is 2.25. The number of aromatic nitrogens is 1. The molecule has 0 N–H and O–H groups in total. The number of sulfone groups is 1. The van der Waals surface area contributed by atoms with Gasteiger partial charge >= 0.3 is 5.97 Å². The minimum absolute atomic E-state index is 0.0229. The Kier molecular flexibility index (Phi) is 6.84. The molecule has 1 heterocycles. The van der Waals surface area contributed by atoms with Crippen molar-refractivity contribution in [2.24, 2.45) is 4.99 Å². The number of nitro groups is 1. The number of rotatable bonds is 7. The van der Waals surface area contributed by atoms with Crippen LogP contribution in [0.4, 0.5) is 5.69 Å². The third kappa shape index (κ3) is 5.08. The van der Waals surface area contributed by atoms with Gasteiger partial charge in [-0.1, -0.05) is 30.4 Å². The smallest absolute Gasteiger partial charge is 0.325 e. The topological polar surface area (TPSA) is 138 Å². The second kappa shape index (κ2) is 9.40. The number of carbonyl (C=O) groups excluding carboxylic acids is 2. The monoisotopic (exact) mass is 477 g/mol. The molecule has 2 aromatic carbocycles. The second-order valence-corrected chi connectivity index (χ2v) is 9.97. The number of amides is 1. The number of fused-ring (bicyclic) bond motifs is 1. The molecule has 1 aromatic heterocycles. The summed E-state index contributed by atoms with van der Waals surface area (Å²) in [5.74, 6) is -1.11. The summed E-state index contributed by atoms with van der Waals surface area (Å²) < 4.78 is 30.5. The van der Waals surface area contributed by atoms with Crippen LogP contribution in [-0.2, 0) is 37.1 Å². The molecule has 1 amide bonds. The molecule has 12 heteroatoms. The number of methoxy groups -OCH3 is 1. The number of hydrogen-bond acceptors (Lipinski definition) is 8. The van der Waals surface area contributed by atoms with Crippen LogP contribution in [0.3, 0.4) is 0 Å². The molecule has 0 atom stereocenters. The van der Waals surface area contributed by atoms with Crippen molar-refractivity contribution in [2.75, 3.05) is 12.9 Å². The van der Waals surface area contributed by atoms with Gasteiger partial charge in [0.25, 0.3) is 11.6 Å². The van der Waals surface area contributed by atoms with Gasteiger partial charge in [0.1, 0.15) is 6.54 Å². The van der Waals surface area contributed by atoms with Crippen molar-refractivity contribution in [1.29, 1.82) is 0 Å². The number of ether oxygens (including phenoxy) is 1. The van der Waals surface area contributed by atoms with Crippen LogP contribution in [0.2, 0.25) is 0 Å². The highest BCUT2D eigenvalue weighted by Gasteiger charge is 2.16. The van der Waals surface area contributed by atoms with Crippen LogP contribution in [0, 0.1) is 10.1 Å². The van der Waals surface area contributed by atoms with Gasteiger partial charge in [-0.05, 0) is 23.8 Å². The van der Waals surface area contributed by atoms with Gasteiger partial charge in [0.15, 0.2) is 14.6 Å². The maximum absolute atomic E-state index is 12.6. The van der Waals surface area contributed by atoms with Crippen molar-refractivity contribution in [2.45, 2.75) is 24.8 Å². The summed E-state index contributed by atoms with van der Waals surface area (Å²) >= 11 is 1.04. The van der Waals surface area contributed by atoms with E-state index >= 15 is 0 Å². The Hall–Kier alpha value is -3.38. The van der Waals surface area contributed by atoms with Gasteiger partial charge in [0, 0.05) is 12.1 Å². The van der Waals surface area contributed by atoms with Crippen LogP contribution < -0.4 is 4.80 Å². The summed E-state index contributed by atoms with van der Waals surface area (Å²) in [6.45, 7) is 1.33. The zero-order chi connectivity index (χ0) is 23.5. The fourth-order valence-corrected chi connectivity index (χ4v) is 4.87. The lowest BCUT2D eigenvalue weighted by atomic mass is 10.1. The van der Waals surface area contributed by atoms with Crippen LogP contribution in [0.1, 0.15) is 12.5 Å². The van der Waals surface area contributed by atoms with Crippen molar-refractivity contribution < 1.29 is 27.7 Å². The van der Waals surface area contributed by atoms with Crippen molar-refractivity contribution >= 4 is 49.0 Å². The highest BCUT2D eigenvalue weighted by atomic mass is 32.2. The number of esters is 1. The number of thiazole rings is 1. The Balaban J connectivity index is 1.96. The van der Waals surface area contributed by atoms with Crippen molar-refractivity contribution in [3.05, 3.63) is 62.9 Å². The Labute approximate surface area is 186 Å². The normalized spacial score (nSPS) is 12.1. The Bertz CT molecular complexity index is 1370. The van der Waals surface area contributed by atoms with E-state index in [0.29, 0.717) is 15.8 Å². The van der Waals surface area contributed by atoms with Crippen molar-refractivity contribution in [3.63, 3.8) is 0 Å². The fourth-order valence-electron chi connectivity index (χ4n) is 2.91. The van der Waals surface area contributed by atoms with Crippen LogP contribution in [0.25, 0.3) is 10.2 Å². The Morgan fingerprint density at radius 2 is 1.88 bits per heavy atom. The summed E-state index contributed by atoms with van der Waals surface area (Å²) in [6.07, 6.45) is -0.0843. The molecule has 10 nitrogen and oxygen atoms in total. The summed E-state index contributed by atoms with van der Waals surface area (Å²) in [5, 5.41) is 11.1. The minimum Gasteiger partial charge on any atom is -0.468 e. The number of hydrogen-bond donors (Lipinski definition) is 0. The van der Waals surface area contributed by atoms with E-state index in [1.165, 1.54) is 42.0 Å². The number of carbonyl (C=O) groups is 2. The van der Waals surface area contributed by atoms with Crippen molar-refractivity contribution in [3.8, 4) is 0 Å². The van der Waals surface area contributed by atoms with E-state index in [9.17, 15) is 28.1 Å². The van der Waals surface area contributed by atoms with Gasteiger partial charge in [-0.3, -0.25) is 19.7 Å². The van der Waals surface area contributed by atoms with Gasteiger partial charge in [-0.15, -0.1) is 0 Å². The van der Waals surface area contributed by atoms with Gasteiger partial charge in [0.05, 0.1) is 39.3 Å². The molecular weight excluding hydrogens is 458 g/mol. The first-order valence-electron chi connectivity index (χ1n) is 9.38. The first-order chi connectivity index (χ1) is 15.1. The van der Waals surface area contributed by atoms with Gasteiger partial charge in [0.2, 0.25) is 0 Å². The highest BCUT2D eigenvalue weighted by Crippen LogP contribution is 2.23. The van der Waals surface area contributed by atoms with E-state index in [-0.39, 0.29) is 34.1 Å². The molecule has 0 aliphatic heterocycles. The zero-order valence-electron chi connectivity index (χ0n) is 17.2. The molecule has 3 aromatic rings. The SMILES string of the molecule is CCS(=O)(=O)c1ccc(CC(=O)N=c2sc3cc([N+](=O)[O-])ccc3n2CC(=O)OC)cc1. The molecule has 32 heavy (non-hydrogen) atoms. The fraction of sp³-hybridized carbons (Fsp3) is 0.250. The molecule has 0 saturated heterocycles. The number of nitro benzene ring substituents is 1. The molecule has 0 bridgehead atoms. The van der Waals surface area contributed by atoms with E-state index in [4.69, 9.17) is 4.74 Å². The molecule has 0 aliphatic carbocycles. The average molecular weight is 478 g/mol. The van der Waals surface area contributed by atoms with E-state index < -0.39 is 26.6 Å². The number of nitrogens with zero attached hydrogens (tertiary/aromatic N) is 3. The number of non-ortho nitro benzene ring substituents is 1. The van der Waals surface area contributed by atoms with E-state index in [2.05, 4.69) is 4.99 Å². The predicted molar refractivity (Wildman–Crippen MR) is 117 cm³/mol. The van der Waals surface area contributed by atoms with Gasteiger partial charge in [-0.25, -0.2) is 8.42 Å². The quantitative estimate of drug-likeness (QED) is 0.289. The largest absolute Gasteiger partial charge is 0.468 e. The maximum atomic E-state index is 12.6. The molecule has 0 spiro atoms. The van der Waals surface area contributed by atoms with E-state index in [0.717, 1.165) is 11.3 Å². The van der Waals surface area contributed by atoms with Crippen LogP contribution in [0.15, 0.2) is 52.4 Å². The maximum Gasteiger partial charge on any atom is 0.325 e. The van der Waals surface area contributed by atoms with Gasteiger partial charge < -0.3 is 9.30 Å². The summed E-state index contributed by atoms with van der Waals surface area (Å²) in [6, 6.07) is 10.1.